The molecule has 1 aromatic carbocycles. The van der Waals surface area contributed by atoms with Crippen LogP contribution in [0.1, 0.15) is 33.3 Å². The van der Waals surface area contributed by atoms with E-state index in [2.05, 4.69) is 0 Å². The highest BCUT2D eigenvalue weighted by Crippen LogP contribution is 2.68. The molecule has 0 aliphatic rings. The van der Waals surface area contributed by atoms with Crippen LogP contribution < -0.4 is 0 Å². The Morgan fingerprint density at radius 1 is 0.909 bits per heavy atom. The van der Waals surface area contributed by atoms with Gasteiger partial charge in [0.15, 0.2) is 0 Å². The lowest BCUT2D eigenvalue weighted by molar-refractivity contribution is 0.352. The van der Waals surface area contributed by atoms with Crippen LogP contribution in [0.2, 0.25) is 0 Å². The highest BCUT2D eigenvalue weighted by molar-refractivity contribution is 7.64. The Morgan fingerprint density at radius 3 is 1.68 bits per heavy atom. The van der Waals surface area contributed by atoms with Crippen LogP contribution >= 0.6 is 30.6 Å². The van der Waals surface area contributed by atoms with E-state index in [0.717, 1.165) is 5.56 Å². The highest BCUT2D eigenvalue weighted by atomic mass is 35.5. The van der Waals surface area contributed by atoms with Crippen LogP contribution in [0.15, 0.2) is 30.3 Å². The van der Waals surface area contributed by atoms with Crippen LogP contribution in [-0.2, 0) is 11.0 Å². The fraction of sp³-hybridized carbons (Fsp3) is 0.625. The van der Waals surface area contributed by atoms with Crippen molar-refractivity contribution in [3.05, 3.63) is 35.9 Å². The van der Waals surface area contributed by atoms with Crippen molar-refractivity contribution < 1.29 is 4.57 Å². The molecule has 0 saturated heterocycles. The Morgan fingerprint density at radius 2 is 1.32 bits per heavy atom. The first-order chi connectivity index (χ1) is 10.4. The molecule has 0 amide bonds. The van der Waals surface area contributed by atoms with Crippen LogP contribution in [0.5, 0.6) is 0 Å². The average Bonchev–Trinajstić information content (AvgIpc) is 2.50. The van der Waals surface area contributed by atoms with E-state index in [4.69, 9.17) is 23.2 Å². The molecule has 0 N–H and O–H groups in total. The monoisotopic (exact) mass is 364 g/mol. The molecule has 0 unspecified atom stereocenters. The predicted molar refractivity (Wildman–Crippen MR) is 98.0 cm³/mol. The van der Waals surface area contributed by atoms with E-state index in [1.165, 1.54) is 0 Å². The Bertz CT molecular complexity index is 472. The first-order valence-electron chi connectivity index (χ1n) is 7.90. The van der Waals surface area contributed by atoms with Crippen molar-refractivity contribution in [1.29, 1.82) is 0 Å². The molecule has 0 radical (unpaired) electrons. The van der Waals surface area contributed by atoms with E-state index in [0.29, 0.717) is 32.6 Å². The summed E-state index contributed by atoms with van der Waals surface area (Å²) in [5, 5.41) is 0. The summed E-state index contributed by atoms with van der Waals surface area (Å²) in [7, 11) is -3.11. The van der Waals surface area contributed by atoms with Gasteiger partial charge in [-0.1, -0.05) is 81.2 Å². The molecule has 0 fully saturated rings. The normalized spacial score (nSPS) is 13.1. The fourth-order valence-electron chi connectivity index (χ4n) is 2.75. The minimum atomic E-state index is -3.11. The van der Waals surface area contributed by atoms with Crippen LogP contribution in [0, 0.1) is 0 Å². The molecule has 3 nitrogen and oxygen atoms in total. The molecule has 22 heavy (non-hydrogen) atoms. The fourth-order valence-corrected chi connectivity index (χ4v) is 7.45. The van der Waals surface area contributed by atoms with Gasteiger partial charge in [-0.2, -0.15) is 0 Å². The van der Waals surface area contributed by atoms with E-state index >= 15 is 0 Å². The van der Waals surface area contributed by atoms with Gasteiger partial charge in [0.25, 0.3) is 7.44 Å². The van der Waals surface area contributed by atoms with Gasteiger partial charge in [-0.05, 0) is 5.56 Å². The summed E-state index contributed by atoms with van der Waals surface area (Å²) in [6.45, 7) is 10.6. The molecule has 0 aliphatic heterocycles. The van der Waals surface area contributed by atoms with Crippen molar-refractivity contribution in [2.75, 3.05) is 26.2 Å². The SMILES string of the molecule is CCN(CC)P(=O)(N(CC)CC)C(Cl)(Cl)Cc1ccccc1. The van der Waals surface area contributed by atoms with Gasteiger partial charge < -0.3 is 0 Å². The zero-order valence-corrected chi connectivity index (χ0v) is 16.3. The third kappa shape index (κ3) is 4.07. The second-order valence-corrected chi connectivity index (χ2v) is 10.1. The second-order valence-electron chi connectivity index (χ2n) is 5.15. The summed E-state index contributed by atoms with van der Waals surface area (Å²) in [5.41, 5.74) is 0.993. The number of halogens is 2. The molecule has 1 aromatic rings. The summed E-state index contributed by atoms with van der Waals surface area (Å²) in [4.78, 5) is 0. The van der Waals surface area contributed by atoms with Gasteiger partial charge in [-0.15, -0.1) is 0 Å². The Hall–Kier alpha value is -0.0500. The van der Waals surface area contributed by atoms with Crippen LogP contribution in [0.3, 0.4) is 0 Å². The highest BCUT2D eigenvalue weighted by Gasteiger charge is 2.52. The van der Waals surface area contributed by atoms with Crippen molar-refractivity contribution >= 4 is 30.6 Å². The Balaban J connectivity index is 3.26. The van der Waals surface area contributed by atoms with Gasteiger partial charge in [0.2, 0.25) is 4.07 Å². The summed E-state index contributed by atoms with van der Waals surface area (Å²) < 4.78 is 16.5. The second kappa shape index (κ2) is 8.70. The van der Waals surface area contributed by atoms with Crippen molar-refractivity contribution in [3.8, 4) is 0 Å². The maximum absolute atomic E-state index is 14.0. The first kappa shape index (κ1) is 20.0. The van der Waals surface area contributed by atoms with Crippen molar-refractivity contribution in [3.63, 3.8) is 0 Å². The quantitative estimate of drug-likeness (QED) is 0.442. The molecule has 126 valence electrons. The van der Waals surface area contributed by atoms with Crippen molar-refractivity contribution in [2.24, 2.45) is 0 Å². The van der Waals surface area contributed by atoms with E-state index in [9.17, 15) is 4.57 Å². The number of alkyl halides is 2. The molecule has 0 atom stereocenters. The molecule has 0 heterocycles. The number of hydrogen-bond acceptors (Lipinski definition) is 1. The van der Waals surface area contributed by atoms with E-state index < -0.39 is 11.5 Å². The molecule has 0 aliphatic carbocycles. The maximum Gasteiger partial charge on any atom is 0.251 e. The Kier molecular flexibility index (Phi) is 7.91. The zero-order chi connectivity index (χ0) is 16.8. The molecular weight excluding hydrogens is 338 g/mol. The minimum Gasteiger partial charge on any atom is -0.286 e. The molecular formula is C16H27Cl2N2OP. The molecule has 0 aromatic heterocycles. The lowest BCUT2D eigenvalue weighted by Gasteiger charge is -2.44. The summed E-state index contributed by atoms with van der Waals surface area (Å²) in [5.74, 6) is 0. The van der Waals surface area contributed by atoms with E-state index in [-0.39, 0.29) is 0 Å². The standard InChI is InChI=1S/C16H27Cl2N2OP/c1-5-19(6-2)22(21,20(7-3)8-4)16(17,18)14-15-12-10-9-11-13-15/h9-13H,5-8,14H2,1-4H3. The molecule has 1 rings (SSSR count). The van der Waals surface area contributed by atoms with Crippen molar-refractivity contribution in [2.45, 2.75) is 38.2 Å². The third-order valence-electron chi connectivity index (χ3n) is 3.91. The Labute approximate surface area is 145 Å². The largest absolute Gasteiger partial charge is 0.286 e. The van der Waals surface area contributed by atoms with Gasteiger partial charge >= 0.3 is 0 Å². The minimum absolute atomic E-state index is 0.362. The van der Waals surface area contributed by atoms with Gasteiger partial charge in [0, 0.05) is 32.6 Å². The van der Waals surface area contributed by atoms with Crippen LogP contribution in [0.25, 0.3) is 0 Å². The topological polar surface area (TPSA) is 23.6 Å². The summed E-state index contributed by atoms with van der Waals surface area (Å²) in [6.07, 6.45) is 0.362. The lowest BCUT2D eigenvalue weighted by Crippen LogP contribution is -2.40. The lowest BCUT2D eigenvalue weighted by atomic mass is 10.2. The average molecular weight is 365 g/mol. The van der Waals surface area contributed by atoms with Gasteiger partial charge in [-0.3, -0.25) is 4.57 Å². The predicted octanol–water partition coefficient (Wildman–Crippen LogP) is 5.24. The smallest absolute Gasteiger partial charge is 0.251 e. The van der Waals surface area contributed by atoms with Crippen LogP contribution in [-0.4, -0.2) is 39.6 Å². The van der Waals surface area contributed by atoms with Gasteiger partial charge in [0.05, 0.1) is 0 Å². The number of hydrogen-bond donors (Lipinski definition) is 0. The van der Waals surface area contributed by atoms with Crippen molar-refractivity contribution in [1.82, 2.24) is 9.34 Å². The first-order valence-corrected chi connectivity index (χ1v) is 10.3. The summed E-state index contributed by atoms with van der Waals surface area (Å²) >= 11 is 13.4. The zero-order valence-electron chi connectivity index (χ0n) is 13.9. The summed E-state index contributed by atoms with van der Waals surface area (Å²) in [6, 6.07) is 9.77. The maximum atomic E-state index is 14.0. The number of rotatable bonds is 9. The third-order valence-corrected chi connectivity index (χ3v) is 9.18. The molecule has 0 bridgehead atoms. The molecule has 0 saturated carbocycles. The molecule has 6 heteroatoms. The van der Waals surface area contributed by atoms with Crippen LogP contribution in [0.4, 0.5) is 0 Å². The van der Waals surface area contributed by atoms with E-state index in [1.807, 2.05) is 67.4 Å². The molecule has 0 spiro atoms. The van der Waals surface area contributed by atoms with E-state index in [1.54, 1.807) is 0 Å². The number of nitrogens with zero attached hydrogens (tertiary/aromatic N) is 2. The van der Waals surface area contributed by atoms with Gasteiger partial charge in [0.1, 0.15) is 0 Å². The van der Waals surface area contributed by atoms with Gasteiger partial charge in [-0.25, -0.2) is 9.34 Å². The number of benzene rings is 1.